The third kappa shape index (κ3) is 5.45. The SMILES string of the molecule is CC(=O)NC[C@H]1CN(c2ccc3c(c2)CCCN(CC(=O)Nc2ccccc2)C3)C(=O)O1. The third-order valence-corrected chi connectivity index (χ3v) is 5.69. The molecule has 4 rings (SSSR count). The Balaban J connectivity index is 1.38. The molecular weight excluding hydrogens is 408 g/mol. The van der Waals surface area contributed by atoms with Gasteiger partial charge in [-0.3, -0.25) is 19.4 Å². The van der Waals surface area contributed by atoms with E-state index in [0.29, 0.717) is 26.2 Å². The first-order valence-electron chi connectivity index (χ1n) is 10.9. The molecule has 0 radical (unpaired) electrons. The standard InChI is InChI=1S/C24H28N4O4/c1-17(29)25-13-22-15-28(24(31)32-22)21-10-9-19-14-27(11-5-6-18(19)12-21)16-23(30)26-20-7-3-2-4-8-20/h2-4,7-10,12,22H,5-6,11,13-16H2,1H3,(H,25,29)(H,26,30)/t22-/m0/s1. The summed E-state index contributed by atoms with van der Waals surface area (Å²) < 4.78 is 5.38. The highest BCUT2D eigenvalue weighted by atomic mass is 16.6. The normalized spacial score (nSPS) is 18.5. The van der Waals surface area contributed by atoms with Crippen LogP contribution in [0.25, 0.3) is 0 Å². The number of carbonyl (C=O) groups is 3. The fourth-order valence-electron chi connectivity index (χ4n) is 4.14. The first-order valence-corrected chi connectivity index (χ1v) is 10.9. The molecule has 0 unspecified atom stereocenters. The average Bonchev–Trinajstić information content (AvgIpc) is 3.02. The van der Waals surface area contributed by atoms with Crippen LogP contribution in [0.3, 0.4) is 0 Å². The van der Waals surface area contributed by atoms with Crippen molar-refractivity contribution in [3.63, 3.8) is 0 Å². The summed E-state index contributed by atoms with van der Waals surface area (Å²) >= 11 is 0. The van der Waals surface area contributed by atoms with Crippen LogP contribution in [0.2, 0.25) is 0 Å². The summed E-state index contributed by atoms with van der Waals surface area (Å²) in [6.07, 6.45) is 1.07. The second kappa shape index (κ2) is 9.82. The van der Waals surface area contributed by atoms with Crippen molar-refractivity contribution in [1.29, 1.82) is 0 Å². The molecule has 2 heterocycles. The number of ether oxygens (including phenoxy) is 1. The van der Waals surface area contributed by atoms with Gasteiger partial charge >= 0.3 is 6.09 Å². The molecule has 0 bridgehead atoms. The highest BCUT2D eigenvalue weighted by Gasteiger charge is 2.32. The Hall–Kier alpha value is -3.39. The fraction of sp³-hybridized carbons (Fsp3) is 0.375. The Kier molecular flexibility index (Phi) is 6.70. The van der Waals surface area contributed by atoms with Gasteiger partial charge in [0.25, 0.3) is 0 Å². The van der Waals surface area contributed by atoms with Gasteiger partial charge in [-0.15, -0.1) is 0 Å². The van der Waals surface area contributed by atoms with E-state index in [1.165, 1.54) is 18.1 Å². The van der Waals surface area contributed by atoms with E-state index in [2.05, 4.69) is 15.5 Å². The van der Waals surface area contributed by atoms with Crippen molar-refractivity contribution in [2.75, 3.05) is 36.4 Å². The summed E-state index contributed by atoms with van der Waals surface area (Å²) in [6.45, 7) is 4.01. The lowest BCUT2D eigenvalue weighted by Crippen LogP contribution is -2.33. The number of amides is 3. The number of benzene rings is 2. The number of hydrogen-bond donors (Lipinski definition) is 2. The number of para-hydroxylation sites is 1. The van der Waals surface area contributed by atoms with Crippen LogP contribution in [-0.4, -0.2) is 55.1 Å². The molecule has 2 aliphatic heterocycles. The Morgan fingerprint density at radius 3 is 2.72 bits per heavy atom. The highest BCUT2D eigenvalue weighted by Crippen LogP contribution is 2.27. The Bertz CT molecular complexity index is 995. The molecule has 0 aliphatic carbocycles. The summed E-state index contributed by atoms with van der Waals surface area (Å²) in [4.78, 5) is 39.7. The van der Waals surface area contributed by atoms with Crippen LogP contribution in [0, 0.1) is 0 Å². The summed E-state index contributed by atoms with van der Waals surface area (Å²) in [6, 6.07) is 15.5. The van der Waals surface area contributed by atoms with Gasteiger partial charge < -0.3 is 15.4 Å². The average molecular weight is 437 g/mol. The number of fused-ring (bicyclic) bond motifs is 1. The molecule has 2 N–H and O–H groups in total. The molecular formula is C24H28N4O4. The third-order valence-electron chi connectivity index (χ3n) is 5.69. The first-order chi connectivity index (χ1) is 15.5. The van der Waals surface area contributed by atoms with Crippen LogP contribution in [0.4, 0.5) is 16.2 Å². The molecule has 1 fully saturated rings. The lowest BCUT2D eigenvalue weighted by atomic mass is 10.0. The van der Waals surface area contributed by atoms with Gasteiger partial charge in [-0.2, -0.15) is 0 Å². The number of aryl methyl sites for hydroxylation is 1. The van der Waals surface area contributed by atoms with E-state index in [1.807, 2.05) is 48.5 Å². The molecule has 1 saturated heterocycles. The van der Waals surface area contributed by atoms with Crippen LogP contribution in [-0.2, 0) is 27.3 Å². The first kappa shape index (κ1) is 21.8. The molecule has 3 amide bonds. The van der Waals surface area contributed by atoms with E-state index >= 15 is 0 Å². The molecule has 0 saturated carbocycles. The van der Waals surface area contributed by atoms with E-state index < -0.39 is 6.09 Å². The molecule has 2 aromatic rings. The van der Waals surface area contributed by atoms with Crippen molar-refractivity contribution in [2.24, 2.45) is 0 Å². The molecule has 8 heteroatoms. The van der Waals surface area contributed by atoms with Crippen LogP contribution >= 0.6 is 0 Å². The van der Waals surface area contributed by atoms with Crippen LogP contribution in [0.15, 0.2) is 48.5 Å². The summed E-state index contributed by atoms with van der Waals surface area (Å²) in [7, 11) is 0. The van der Waals surface area contributed by atoms with Crippen LogP contribution in [0.1, 0.15) is 24.5 Å². The Morgan fingerprint density at radius 2 is 1.94 bits per heavy atom. The minimum atomic E-state index is -0.395. The quantitative estimate of drug-likeness (QED) is 0.726. The van der Waals surface area contributed by atoms with Gasteiger partial charge in [0.2, 0.25) is 11.8 Å². The van der Waals surface area contributed by atoms with E-state index in [9.17, 15) is 14.4 Å². The zero-order valence-electron chi connectivity index (χ0n) is 18.2. The summed E-state index contributed by atoms with van der Waals surface area (Å²) in [5, 5.41) is 5.63. The van der Waals surface area contributed by atoms with E-state index in [4.69, 9.17) is 4.74 Å². The summed E-state index contributed by atoms with van der Waals surface area (Å²) in [5.74, 6) is -0.173. The number of anilines is 2. The highest BCUT2D eigenvalue weighted by molar-refractivity contribution is 5.92. The second-order valence-electron chi connectivity index (χ2n) is 8.23. The number of rotatable bonds is 6. The lowest BCUT2D eigenvalue weighted by Gasteiger charge is -2.20. The van der Waals surface area contributed by atoms with Crippen molar-refractivity contribution >= 4 is 29.3 Å². The van der Waals surface area contributed by atoms with Gasteiger partial charge in [0, 0.05) is 24.8 Å². The number of nitrogens with zero attached hydrogens (tertiary/aromatic N) is 2. The molecule has 2 aliphatic rings. The van der Waals surface area contributed by atoms with E-state index in [-0.39, 0.29) is 17.9 Å². The van der Waals surface area contributed by atoms with Crippen molar-refractivity contribution in [2.45, 2.75) is 32.4 Å². The van der Waals surface area contributed by atoms with Crippen LogP contribution in [0.5, 0.6) is 0 Å². The zero-order valence-corrected chi connectivity index (χ0v) is 18.2. The van der Waals surface area contributed by atoms with Gasteiger partial charge in [-0.05, 0) is 54.8 Å². The van der Waals surface area contributed by atoms with Crippen molar-refractivity contribution < 1.29 is 19.1 Å². The maximum atomic E-state index is 12.5. The maximum Gasteiger partial charge on any atom is 0.414 e. The predicted octanol–water partition coefficient (Wildman–Crippen LogP) is 2.53. The molecule has 0 aromatic heterocycles. The second-order valence-corrected chi connectivity index (χ2v) is 8.23. The minimum Gasteiger partial charge on any atom is -0.442 e. The van der Waals surface area contributed by atoms with Gasteiger partial charge in [-0.1, -0.05) is 24.3 Å². The molecule has 168 valence electrons. The topological polar surface area (TPSA) is 91.0 Å². The predicted molar refractivity (Wildman–Crippen MR) is 121 cm³/mol. The molecule has 0 spiro atoms. The van der Waals surface area contributed by atoms with E-state index in [0.717, 1.165) is 30.8 Å². The number of nitrogens with one attached hydrogen (secondary N) is 2. The molecule has 8 nitrogen and oxygen atoms in total. The molecule has 1 atom stereocenters. The smallest absolute Gasteiger partial charge is 0.414 e. The number of carbonyl (C=O) groups excluding carboxylic acids is 3. The van der Waals surface area contributed by atoms with Gasteiger partial charge in [-0.25, -0.2) is 4.79 Å². The minimum absolute atomic E-state index is 0.0266. The Morgan fingerprint density at radius 1 is 1.12 bits per heavy atom. The van der Waals surface area contributed by atoms with Crippen molar-refractivity contribution in [3.05, 3.63) is 59.7 Å². The monoisotopic (exact) mass is 436 g/mol. The Labute approximate surface area is 187 Å². The lowest BCUT2D eigenvalue weighted by molar-refractivity contribution is -0.119. The van der Waals surface area contributed by atoms with E-state index in [1.54, 1.807) is 4.90 Å². The van der Waals surface area contributed by atoms with Gasteiger partial charge in [0.1, 0.15) is 6.10 Å². The number of cyclic esters (lactones) is 1. The molecule has 2 aromatic carbocycles. The number of hydrogen-bond acceptors (Lipinski definition) is 5. The summed E-state index contributed by atoms with van der Waals surface area (Å²) in [5.41, 5.74) is 3.95. The van der Waals surface area contributed by atoms with Gasteiger partial charge in [0.05, 0.1) is 19.6 Å². The van der Waals surface area contributed by atoms with Crippen LogP contribution < -0.4 is 15.5 Å². The molecule has 32 heavy (non-hydrogen) atoms. The fourth-order valence-corrected chi connectivity index (χ4v) is 4.14. The largest absolute Gasteiger partial charge is 0.442 e. The van der Waals surface area contributed by atoms with Gasteiger partial charge in [0.15, 0.2) is 0 Å². The zero-order chi connectivity index (χ0) is 22.5. The van der Waals surface area contributed by atoms with Crippen molar-refractivity contribution in [1.82, 2.24) is 10.2 Å². The van der Waals surface area contributed by atoms with Crippen molar-refractivity contribution in [3.8, 4) is 0 Å². The maximum absolute atomic E-state index is 12.5.